The van der Waals surface area contributed by atoms with E-state index in [2.05, 4.69) is 0 Å². The van der Waals surface area contributed by atoms with Crippen LogP contribution in [-0.4, -0.2) is 22.9 Å². The summed E-state index contributed by atoms with van der Waals surface area (Å²) in [5, 5.41) is 0. The number of aromatic nitrogens is 2. The molecule has 3 aromatic rings. The summed E-state index contributed by atoms with van der Waals surface area (Å²) in [7, 11) is -4.05. The minimum atomic E-state index is -4.05. The van der Waals surface area contributed by atoms with Crippen molar-refractivity contribution in [2.45, 2.75) is 38.0 Å². The Balaban J connectivity index is 1.78. The zero-order valence-electron chi connectivity index (χ0n) is 15.8. The number of carbonyl (C=O) groups excluding carboxylic acids is 1. The third-order valence-electron chi connectivity index (χ3n) is 4.75. The molecule has 0 saturated heterocycles. The van der Waals surface area contributed by atoms with Crippen molar-refractivity contribution in [2.75, 3.05) is 0 Å². The van der Waals surface area contributed by atoms with E-state index in [0.29, 0.717) is 16.8 Å². The van der Waals surface area contributed by atoms with Gasteiger partial charge in [0.25, 0.3) is 10.0 Å². The third-order valence-corrected chi connectivity index (χ3v) is 6.39. The molecule has 0 aliphatic rings. The predicted octanol–water partition coefficient (Wildman–Crippen LogP) is 3.17. The molecule has 2 aromatic carbocycles. The van der Waals surface area contributed by atoms with Crippen LogP contribution >= 0.6 is 0 Å². The fourth-order valence-corrected chi connectivity index (χ4v) is 4.23. The molecule has 0 aliphatic heterocycles. The summed E-state index contributed by atoms with van der Waals surface area (Å²) in [6, 6.07) is 14.4. The molecule has 1 heterocycles. The third kappa shape index (κ3) is 3.99. The van der Waals surface area contributed by atoms with Gasteiger partial charge in [0, 0.05) is 18.8 Å². The molecule has 0 fully saturated rings. The molecule has 146 valence electrons. The molecule has 6 nitrogen and oxygen atoms in total. The van der Waals surface area contributed by atoms with Crippen LogP contribution in [0.2, 0.25) is 0 Å². The van der Waals surface area contributed by atoms with Crippen molar-refractivity contribution >= 4 is 15.9 Å². The lowest BCUT2D eigenvalue weighted by Crippen LogP contribution is -2.32. The Labute approximate surface area is 164 Å². The van der Waals surface area contributed by atoms with Crippen LogP contribution in [0.25, 0.3) is 0 Å². The Morgan fingerprint density at radius 3 is 2.36 bits per heavy atom. The molecule has 0 aliphatic carbocycles. The van der Waals surface area contributed by atoms with E-state index in [1.54, 1.807) is 13.0 Å². The van der Waals surface area contributed by atoms with E-state index >= 15 is 0 Å². The van der Waals surface area contributed by atoms with Crippen molar-refractivity contribution in [3.63, 3.8) is 0 Å². The second-order valence-electron chi connectivity index (χ2n) is 6.73. The van der Waals surface area contributed by atoms with Crippen LogP contribution < -0.4 is 5.69 Å². The van der Waals surface area contributed by atoms with E-state index in [1.807, 2.05) is 37.3 Å². The van der Waals surface area contributed by atoms with Crippen molar-refractivity contribution in [1.82, 2.24) is 8.54 Å². The largest absolute Gasteiger partial charge is 0.349 e. The van der Waals surface area contributed by atoms with Gasteiger partial charge in [-0.1, -0.05) is 36.4 Å². The highest BCUT2D eigenvalue weighted by atomic mass is 32.2. The van der Waals surface area contributed by atoms with E-state index in [9.17, 15) is 18.0 Å². The molecular formula is C21H22N2O4S. The Morgan fingerprint density at radius 2 is 1.68 bits per heavy atom. The van der Waals surface area contributed by atoms with Crippen molar-refractivity contribution < 1.29 is 13.2 Å². The summed E-state index contributed by atoms with van der Waals surface area (Å²) in [5.74, 6) is -0.421. The molecule has 0 bridgehead atoms. The first-order valence-corrected chi connectivity index (χ1v) is 10.4. The molecule has 0 saturated carbocycles. The highest BCUT2D eigenvalue weighted by molar-refractivity contribution is 7.90. The van der Waals surface area contributed by atoms with Gasteiger partial charge in [0.15, 0.2) is 0 Å². The van der Waals surface area contributed by atoms with Gasteiger partial charge < -0.3 is 0 Å². The number of nitrogens with zero attached hydrogens (tertiary/aromatic N) is 2. The molecule has 0 amide bonds. The molecule has 28 heavy (non-hydrogen) atoms. The van der Waals surface area contributed by atoms with Crippen LogP contribution in [-0.2, 0) is 16.4 Å². The summed E-state index contributed by atoms with van der Waals surface area (Å²) in [5.41, 5.74) is 2.00. The molecule has 0 unspecified atom stereocenters. The maximum absolute atomic E-state index is 12.8. The van der Waals surface area contributed by atoms with E-state index in [1.165, 1.54) is 18.3 Å². The Hall–Kier alpha value is -2.93. The zero-order valence-corrected chi connectivity index (χ0v) is 16.6. The lowest BCUT2D eigenvalue weighted by Gasteiger charge is -2.07. The molecule has 0 spiro atoms. The molecule has 0 radical (unpaired) electrons. The molecule has 0 atom stereocenters. The fourth-order valence-electron chi connectivity index (χ4n) is 2.93. The van der Waals surface area contributed by atoms with Gasteiger partial charge in [0.2, 0.25) is 5.91 Å². The van der Waals surface area contributed by atoms with Crippen molar-refractivity contribution in [3.05, 3.63) is 88.1 Å². The maximum Gasteiger partial charge on any atom is 0.349 e. The number of carbonyl (C=O) groups is 1. The van der Waals surface area contributed by atoms with Crippen LogP contribution in [0.1, 0.15) is 34.3 Å². The van der Waals surface area contributed by atoms with Crippen molar-refractivity contribution in [2.24, 2.45) is 0 Å². The molecule has 1 aromatic heterocycles. The molecule has 3 rings (SSSR count). The number of benzene rings is 2. The Kier molecular flexibility index (Phi) is 5.65. The monoisotopic (exact) mass is 398 g/mol. The first-order valence-electron chi connectivity index (χ1n) is 9.00. The molecular weight excluding hydrogens is 376 g/mol. The average Bonchev–Trinajstić information content (AvgIpc) is 3.07. The minimum Gasteiger partial charge on any atom is -0.274 e. The van der Waals surface area contributed by atoms with Gasteiger partial charge in [-0.3, -0.25) is 4.79 Å². The summed E-state index contributed by atoms with van der Waals surface area (Å²) < 4.78 is 27.1. The van der Waals surface area contributed by atoms with Crippen molar-refractivity contribution in [3.8, 4) is 0 Å². The standard InChI is InChI=1S/C21H22N2O4S/c1-16-11-12-19(15-17(16)2)28(26,27)23-14-13-22(21(23)25)20(24)10-6-9-18-7-4-3-5-8-18/h3-5,7-8,11-15H,6,9-10H2,1-2H3. The highest BCUT2D eigenvalue weighted by Gasteiger charge is 2.22. The zero-order chi connectivity index (χ0) is 20.3. The highest BCUT2D eigenvalue weighted by Crippen LogP contribution is 2.16. The molecule has 0 N–H and O–H groups in total. The van der Waals surface area contributed by atoms with Gasteiger partial charge in [-0.15, -0.1) is 0 Å². The fraction of sp³-hybridized carbons (Fsp3) is 0.238. The van der Waals surface area contributed by atoms with Gasteiger partial charge in [-0.05, 0) is 55.5 Å². The van der Waals surface area contributed by atoms with Gasteiger partial charge in [-0.25, -0.2) is 17.8 Å². The Bertz CT molecular complexity index is 1160. The lowest BCUT2D eigenvalue weighted by molar-refractivity contribution is 0.0896. The second kappa shape index (κ2) is 7.98. The minimum absolute atomic E-state index is 0.0203. The normalized spacial score (nSPS) is 11.5. The van der Waals surface area contributed by atoms with Gasteiger partial charge in [0.05, 0.1) is 4.90 Å². The first-order chi connectivity index (χ1) is 13.3. The van der Waals surface area contributed by atoms with E-state index in [4.69, 9.17) is 0 Å². The van der Waals surface area contributed by atoms with Crippen molar-refractivity contribution in [1.29, 1.82) is 0 Å². The van der Waals surface area contributed by atoms with E-state index in [-0.39, 0.29) is 11.3 Å². The van der Waals surface area contributed by atoms with Gasteiger partial charge in [0.1, 0.15) is 0 Å². The van der Waals surface area contributed by atoms with Crippen LogP contribution in [0, 0.1) is 13.8 Å². The topological polar surface area (TPSA) is 78.1 Å². The summed E-state index contributed by atoms with van der Waals surface area (Å²) in [6.07, 6.45) is 3.78. The number of hydrogen-bond donors (Lipinski definition) is 0. The number of hydrogen-bond acceptors (Lipinski definition) is 4. The smallest absolute Gasteiger partial charge is 0.274 e. The summed E-state index contributed by atoms with van der Waals surface area (Å²) in [6.45, 7) is 3.68. The first kappa shape index (κ1) is 19.8. The van der Waals surface area contributed by atoms with E-state index < -0.39 is 21.6 Å². The lowest BCUT2D eigenvalue weighted by atomic mass is 10.1. The van der Waals surface area contributed by atoms with Gasteiger partial charge in [-0.2, -0.15) is 3.97 Å². The van der Waals surface area contributed by atoms with Crippen LogP contribution in [0.5, 0.6) is 0 Å². The number of imidazole rings is 1. The van der Waals surface area contributed by atoms with Crippen LogP contribution in [0.3, 0.4) is 0 Å². The van der Waals surface area contributed by atoms with Crippen LogP contribution in [0.4, 0.5) is 0 Å². The number of rotatable bonds is 6. The summed E-state index contributed by atoms with van der Waals surface area (Å²) in [4.78, 5) is 24.9. The second-order valence-corrected chi connectivity index (χ2v) is 8.55. The van der Waals surface area contributed by atoms with E-state index in [0.717, 1.165) is 27.5 Å². The van der Waals surface area contributed by atoms with Gasteiger partial charge >= 0.3 is 5.69 Å². The predicted molar refractivity (Wildman–Crippen MR) is 107 cm³/mol. The summed E-state index contributed by atoms with van der Waals surface area (Å²) >= 11 is 0. The average molecular weight is 398 g/mol. The maximum atomic E-state index is 12.8. The quantitative estimate of drug-likeness (QED) is 0.639. The Morgan fingerprint density at radius 1 is 0.964 bits per heavy atom. The molecule has 7 heteroatoms. The SMILES string of the molecule is Cc1ccc(S(=O)(=O)n2ccn(C(=O)CCCc3ccccc3)c2=O)cc1C. The van der Waals surface area contributed by atoms with Crippen LogP contribution in [0.15, 0.2) is 70.6 Å². The number of aryl methyl sites for hydroxylation is 3.